The molecule has 1 aromatic carbocycles. The molecule has 1 aromatic heterocycles. The molecule has 0 aliphatic carbocycles. The number of aromatic nitrogens is 1. The fourth-order valence-electron chi connectivity index (χ4n) is 1.72. The van der Waals surface area contributed by atoms with Crippen LogP contribution in [0.3, 0.4) is 0 Å². The highest BCUT2D eigenvalue weighted by Gasteiger charge is 1.98. The number of ether oxygens (including phenoxy) is 1. The van der Waals surface area contributed by atoms with Gasteiger partial charge in [0.15, 0.2) is 0 Å². The predicted molar refractivity (Wildman–Crippen MR) is 66.6 cm³/mol. The van der Waals surface area contributed by atoms with Gasteiger partial charge in [-0.3, -0.25) is 4.98 Å². The standard InChI is InChI=1S/C14H16N2O/c1-17-14-4-2-3-13(9-14)11-16-10-12-5-7-15-8-6-12/h2-9,16H,10-11H2,1H3/p+1. The van der Waals surface area contributed by atoms with Crippen LogP contribution in [0.5, 0.6) is 5.75 Å². The molecule has 0 aliphatic rings. The average Bonchev–Trinajstić information content (AvgIpc) is 2.40. The third-order valence-corrected chi connectivity index (χ3v) is 2.64. The number of pyridine rings is 1. The van der Waals surface area contributed by atoms with E-state index in [2.05, 4.69) is 22.4 Å². The van der Waals surface area contributed by atoms with Crippen LogP contribution in [0.4, 0.5) is 0 Å². The van der Waals surface area contributed by atoms with Crippen LogP contribution in [0.25, 0.3) is 0 Å². The summed E-state index contributed by atoms with van der Waals surface area (Å²) >= 11 is 0. The van der Waals surface area contributed by atoms with Crippen molar-refractivity contribution < 1.29 is 10.1 Å². The molecule has 88 valence electrons. The fourth-order valence-corrected chi connectivity index (χ4v) is 1.72. The second kappa shape index (κ2) is 6.01. The van der Waals surface area contributed by atoms with E-state index in [1.54, 1.807) is 7.11 Å². The highest BCUT2D eigenvalue weighted by molar-refractivity contribution is 5.27. The molecule has 0 aliphatic heterocycles. The molecule has 0 amide bonds. The van der Waals surface area contributed by atoms with Crippen LogP contribution >= 0.6 is 0 Å². The van der Waals surface area contributed by atoms with Crippen molar-refractivity contribution in [3.63, 3.8) is 0 Å². The topological polar surface area (TPSA) is 38.7 Å². The van der Waals surface area contributed by atoms with Crippen molar-refractivity contribution in [1.29, 1.82) is 0 Å². The number of hydrogen-bond acceptors (Lipinski definition) is 2. The first-order valence-electron chi connectivity index (χ1n) is 5.72. The van der Waals surface area contributed by atoms with E-state index in [-0.39, 0.29) is 0 Å². The Kier molecular flexibility index (Phi) is 4.11. The summed E-state index contributed by atoms with van der Waals surface area (Å²) in [6, 6.07) is 12.3. The summed E-state index contributed by atoms with van der Waals surface area (Å²) in [5.74, 6) is 0.916. The van der Waals surface area contributed by atoms with E-state index in [0.717, 1.165) is 18.8 Å². The van der Waals surface area contributed by atoms with Crippen molar-refractivity contribution >= 4 is 0 Å². The third-order valence-electron chi connectivity index (χ3n) is 2.64. The van der Waals surface area contributed by atoms with E-state index < -0.39 is 0 Å². The average molecular weight is 229 g/mol. The first-order valence-corrected chi connectivity index (χ1v) is 5.72. The molecule has 0 spiro atoms. The summed E-state index contributed by atoms with van der Waals surface area (Å²) in [6.45, 7) is 1.93. The minimum absolute atomic E-state index is 0.916. The number of quaternary nitrogens is 1. The largest absolute Gasteiger partial charge is 0.497 e. The van der Waals surface area contributed by atoms with Gasteiger partial charge in [-0.25, -0.2) is 0 Å². The van der Waals surface area contributed by atoms with E-state index in [1.807, 2.05) is 36.7 Å². The van der Waals surface area contributed by atoms with E-state index in [0.29, 0.717) is 0 Å². The second-order valence-electron chi connectivity index (χ2n) is 3.90. The van der Waals surface area contributed by atoms with Crippen LogP contribution in [0.1, 0.15) is 11.1 Å². The van der Waals surface area contributed by atoms with Crippen molar-refractivity contribution in [2.75, 3.05) is 7.11 Å². The molecule has 3 nitrogen and oxygen atoms in total. The maximum Gasteiger partial charge on any atom is 0.119 e. The molecule has 3 heteroatoms. The fraction of sp³-hybridized carbons (Fsp3) is 0.214. The molecule has 0 fully saturated rings. The van der Waals surface area contributed by atoms with Crippen molar-refractivity contribution in [1.82, 2.24) is 4.98 Å². The molecular formula is C14H17N2O+. The zero-order valence-electron chi connectivity index (χ0n) is 9.97. The van der Waals surface area contributed by atoms with E-state index in [4.69, 9.17) is 4.74 Å². The number of nitrogens with zero attached hydrogens (tertiary/aromatic N) is 1. The normalized spacial score (nSPS) is 10.2. The number of methoxy groups -OCH3 is 1. The molecule has 2 aromatic rings. The lowest BCUT2D eigenvalue weighted by Crippen LogP contribution is -2.80. The van der Waals surface area contributed by atoms with Gasteiger partial charge in [-0.2, -0.15) is 0 Å². The highest BCUT2D eigenvalue weighted by Crippen LogP contribution is 2.11. The molecule has 0 radical (unpaired) electrons. The van der Waals surface area contributed by atoms with Gasteiger partial charge in [0.1, 0.15) is 18.8 Å². The smallest absolute Gasteiger partial charge is 0.119 e. The van der Waals surface area contributed by atoms with Crippen LogP contribution in [0.2, 0.25) is 0 Å². The number of hydrogen-bond donors (Lipinski definition) is 1. The van der Waals surface area contributed by atoms with E-state index in [9.17, 15) is 0 Å². The maximum absolute atomic E-state index is 5.20. The van der Waals surface area contributed by atoms with Crippen LogP contribution in [0, 0.1) is 0 Å². The minimum atomic E-state index is 0.916. The summed E-state index contributed by atoms with van der Waals surface area (Å²) in [5.41, 5.74) is 2.57. The molecule has 2 N–H and O–H groups in total. The van der Waals surface area contributed by atoms with Gasteiger partial charge >= 0.3 is 0 Å². The molecule has 0 atom stereocenters. The summed E-state index contributed by atoms with van der Waals surface area (Å²) in [4.78, 5) is 4.00. The lowest BCUT2D eigenvalue weighted by Gasteiger charge is -2.04. The molecule has 0 saturated heterocycles. The lowest BCUT2D eigenvalue weighted by atomic mass is 10.2. The summed E-state index contributed by atoms with van der Waals surface area (Å²) in [5, 5.41) is 2.27. The van der Waals surface area contributed by atoms with Gasteiger partial charge in [0.25, 0.3) is 0 Å². The first kappa shape index (κ1) is 11.6. The summed E-state index contributed by atoms with van der Waals surface area (Å²) in [6.07, 6.45) is 3.66. The van der Waals surface area contributed by atoms with Crippen molar-refractivity contribution in [3.8, 4) is 5.75 Å². The Morgan fingerprint density at radius 1 is 1.06 bits per heavy atom. The monoisotopic (exact) mass is 229 g/mol. The summed E-state index contributed by atoms with van der Waals surface area (Å²) < 4.78 is 5.20. The zero-order valence-corrected chi connectivity index (χ0v) is 9.97. The third kappa shape index (κ3) is 3.57. The van der Waals surface area contributed by atoms with Gasteiger partial charge in [0, 0.05) is 23.5 Å². The van der Waals surface area contributed by atoms with E-state index in [1.165, 1.54) is 11.1 Å². The summed E-state index contributed by atoms with van der Waals surface area (Å²) in [7, 11) is 1.69. The van der Waals surface area contributed by atoms with Crippen LogP contribution in [-0.2, 0) is 13.1 Å². The van der Waals surface area contributed by atoms with Gasteiger partial charge in [-0.1, -0.05) is 12.1 Å². The Morgan fingerprint density at radius 2 is 1.82 bits per heavy atom. The Bertz CT molecular complexity index is 457. The van der Waals surface area contributed by atoms with Crippen molar-refractivity contribution in [3.05, 3.63) is 59.9 Å². The van der Waals surface area contributed by atoms with Crippen LogP contribution < -0.4 is 10.1 Å². The van der Waals surface area contributed by atoms with Gasteiger partial charge in [-0.15, -0.1) is 0 Å². The quantitative estimate of drug-likeness (QED) is 0.840. The lowest BCUT2D eigenvalue weighted by molar-refractivity contribution is -0.686. The van der Waals surface area contributed by atoms with Crippen LogP contribution in [-0.4, -0.2) is 12.1 Å². The van der Waals surface area contributed by atoms with Gasteiger partial charge < -0.3 is 10.1 Å². The van der Waals surface area contributed by atoms with Crippen molar-refractivity contribution in [2.45, 2.75) is 13.1 Å². The van der Waals surface area contributed by atoms with E-state index >= 15 is 0 Å². The molecule has 0 bridgehead atoms. The molecular weight excluding hydrogens is 212 g/mol. The predicted octanol–water partition coefficient (Wildman–Crippen LogP) is 1.35. The Morgan fingerprint density at radius 3 is 2.59 bits per heavy atom. The first-order chi connectivity index (χ1) is 8.38. The number of nitrogens with two attached hydrogens (primary N) is 1. The molecule has 17 heavy (non-hydrogen) atoms. The molecule has 0 saturated carbocycles. The maximum atomic E-state index is 5.20. The molecule has 2 rings (SSSR count). The molecule has 1 heterocycles. The van der Waals surface area contributed by atoms with Crippen molar-refractivity contribution in [2.24, 2.45) is 0 Å². The number of benzene rings is 1. The van der Waals surface area contributed by atoms with Gasteiger partial charge in [0.2, 0.25) is 0 Å². The van der Waals surface area contributed by atoms with Gasteiger partial charge in [-0.05, 0) is 24.3 Å². The SMILES string of the molecule is COc1cccc(C[NH2+]Cc2ccncc2)c1. The minimum Gasteiger partial charge on any atom is -0.497 e. The van der Waals surface area contributed by atoms with Gasteiger partial charge in [0.05, 0.1) is 7.11 Å². The Balaban J connectivity index is 1.86. The second-order valence-corrected chi connectivity index (χ2v) is 3.90. The Hall–Kier alpha value is -1.87. The Labute approximate surface area is 101 Å². The highest BCUT2D eigenvalue weighted by atomic mass is 16.5. The number of rotatable bonds is 5. The molecule has 0 unspecified atom stereocenters. The van der Waals surface area contributed by atoms with Crippen LogP contribution in [0.15, 0.2) is 48.8 Å². The zero-order chi connectivity index (χ0) is 11.9.